The Labute approximate surface area is 139 Å². The molecule has 23 heavy (non-hydrogen) atoms. The van der Waals surface area contributed by atoms with E-state index in [9.17, 15) is 4.79 Å². The molecular weight excluding hydrogens is 318 g/mol. The molecule has 0 radical (unpaired) electrons. The summed E-state index contributed by atoms with van der Waals surface area (Å²) in [6.07, 6.45) is 0. The van der Waals surface area contributed by atoms with Gasteiger partial charge in [-0.05, 0) is 36.4 Å². The van der Waals surface area contributed by atoms with Gasteiger partial charge in [0.15, 0.2) is 0 Å². The number of hydrogen-bond donors (Lipinski definition) is 2. The Hall–Kier alpha value is -2.24. The highest BCUT2D eigenvalue weighted by atomic mass is 35.5. The molecule has 0 unspecified atom stereocenters. The summed E-state index contributed by atoms with van der Waals surface area (Å²) in [5.41, 5.74) is 0.478. The Kier molecular flexibility index (Phi) is 6.72. The summed E-state index contributed by atoms with van der Waals surface area (Å²) >= 11 is 5.87. The number of ether oxygens (including phenoxy) is 2. The molecule has 0 saturated heterocycles. The molecule has 0 bridgehead atoms. The van der Waals surface area contributed by atoms with Crippen molar-refractivity contribution in [3.63, 3.8) is 0 Å². The van der Waals surface area contributed by atoms with E-state index in [-0.39, 0.29) is 19.1 Å². The van der Waals surface area contributed by atoms with Crippen LogP contribution in [-0.2, 0) is 0 Å². The van der Waals surface area contributed by atoms with Crippen molar-refractivity contribution in [3.8, 4) is 11.5 Å². The number of nitrogens with one attached hydrogen (secondary N) is 1. The molecule has 0 aromatic heterocycles. The van der Waals surface area contributed by atoms with Crippen LogP contribution in [0.4, 0.5) is 0 Å². The molecule has 5 nitrogen and oxygen atoms in total. The molecule has 1 amide bonds. The van der Waals surface area contributed by atoms with Crippen LogP contribution in [0.15, 0.2) is 48.5 Å². The second-order valence-electron chi connectivity index (χ2n) is 4.66. The lowest BCUT2D eigenvalue weighted by Gasteiger charge is -2.10. The predicted octanol–water partition coefficient (Wildman–Crippen LogP) is 2.52. The molecule has 2 N–H and O–H groups in total. The van der Waals surface area contributed by atoms with E-state index in [2.05, 4.69) is 5.32 Å². The highest BCUT2D eigenvalue weighted by molar-refractivity contribution is 6.30. The minimum absolute atomic E-state index is 0.0945. The van der Waals surface area contributed by atoms with Crippen LogP contribution >= 0.6 is 11.6 Å². The molecule has 0 aliphatic carbocycles. The third-order valence-electron chi connectivity index (χ3n) is 2.91. The second-order valence-corrected chi connectivity index (χ2v) is 5.10. The maximum Gasteiger partial charge on any atom is 0.251 e. The molecule has 0 aliphatic heterocycles. The fourth-order valence-corrected chi connectivity index (χ4v) is 2.05. The van der Waals surface area contributed by atoms with E-state index in [1.807, 2.05) is 12.1 Å². The van der Waals surface area contributed by atoms with Crippen molar-refractivity contribution in [2.24, 2.45) is 0 Å². The highest BCUT2D eigenvalue weighted by Gasteiger charge is 2.06. The third kappa shape index (κ3) is 5.81. The maximum atomic E-state index is 11.8. The minimum atomic E-state index is -0.250. The van der Waals surface area contributed by atoms with E-state index in [1.54, 1.807) is 36.4 Å². The van der Waals surface area contributed by atoms with Crippen molar-refractivity contribution in [1.29, 1.82) is 0 Å². The van der Waals surface area contributed by atoms with Gasteiger partial charge >= 0.3 is 0 Å². The van der Waals surface area contributed by atoms with Gasteiger partial charge in [-0.25, -0.2) is 0 Å². The number of rotatable bonds is 8. The molecule has 0 aliphatic rings. The zero-order valence-electron chi connectivity index (χ0n) is 12.5. The molecule has 2 aromatic carbocycles. The van der Waals surface area contributed by atoms with Gasteiger partial charge in [0.25, 0.3) is 5.91 Å². The first kappa shape index (κ1) is 17.1. The summed E-state index contributed by atoms with van der Waals surface area (Å²) in [5, 5.41) is 11.9. The lowest BCUT2D eigenvalue weighted by Crippen LogP contribution is -2.26. The van der Waals surface area contributed by atoms with Gasteiger partial charge < -0.3 is 19.9 Å². The van der Waals surface area contributed by atoms with Crippen LogP contribution in [0.1, 0.15) is 10.4 Å². The molecule has 0 heterocycles. The quantitative estimate of drug-likeness (QED) is 0.727. The van der Waals surface area contributed by atoms with Gasteiger partial charge in [-0.1, -0.05) is 23.7 Å². The van der Waals surface area contributed by atoms with E-state index < -0.39 is 0 Å². The van der Waals surface area contributed by atoms with Gasteiger partial charge in [0.1, 0.15) is 24.7 Å². The van der Waals surface area contributed by atoms with Crippen LogP contribution in [0.3, 0.4) is 0 Å². The summed E-state index contributed by atoms with van der Waals surface area (Å²) in [6.45, 7) is 0.829. The number of carbonyl (C=O) groups excluding carboxylic acids is 1. The number of benzene rings is 2. The van der Waals surface area contributed by atoms with Crippen molar-refractivity contribution in [2.75, 3.05) is 26.4 Å². The zero-order valence-corrected chi connectivity index (χ0v) is 13.3. The van der Waals surface area contributed by atoms with Crippen molar-refractivity contribution in [2.45, 2.75) is 0 Å². The number of aliphatic hydroxyl groups excluding tert-OH is 1. The molecular formula is C17H18ClNO4. The Morgan fingerprint density at radius 1 is 1.04 bits per heavy atom. The van der Waals surface area contributed by atoms with Crippen molar-refractivity contribution < 1.29 is 19.4 Å². The Balaban J connectivity index is 1.80. The Morgan fingerprint density at radius 2 is 1.70 bits per heavy atom. The predicted molar refractivity (Wildman–Crippen MR) is 88.3 cm³/mol. The lowest BCUT2D eigenvalue weighted by atomic mass is 10.2. The number of halogens is 1. The molecule has 0 fully saturated rings. The molecule has 0 saturated carbocycles. The molecule has 2 aromatic rings. The van der Waals surface area contributed by atoms with Crippen molar-refractivity contribution >= 4 is 17.5 Å². The first-order chi connectivity index (χ1) is 11.2. The maximum absolute atomic E-state index is 11.8. The van der Waals surface area contributed by atoms with Gasteiger partial charge in [0, 0.05) is 17.1 Å². The molecule has 2 rings (SSSR count). The van der Waals surface area contributed by atoms with E-state index >= 15 is 0 Å². The summed E-state index contributed by atoms with van der Waals surface area (Å²) < 4.78 is 11.1. The van der Waals surface area contributed by atoms with Crippen LogP contribution < -0.4 is 14.8 Å². The number of amides is 1. The Bertz CT molecular complexity index is 648. The third-order valence-corrected chi connectivity index (χ3v) is 3.15. The van der Waals surface area contributed by atoms with Crippen LogP contribution in [-0.4, -0.2) is 37.4 Å². The summed E-state index contributed by atoms with van der Waals surface area (Å²) in [7, 11) is 0. The number of carbonyl (C=O) groups is 1. The van der Waals surface area contributed by atoms with Crippen LogP contribution in [0.2, 0.25) is 5.02 Å². The van der Waals surface area contributed by atoms with Crippen molar-refractivity contribution in [3.05, 3.63) is 59.1 Å². The zero-order chi connectivity index (χ0) is 16.5. The SMILES string of the molecule is O=C(NCCO)c1cccc(OCCOc2cccc(Cl)c2)c1. The highest BCUT2D eigenvalue weighted by Crippen LogP contribution is 2.17. The van der Waals surface area contributed by atoms with E-state index in [0.717, 1.165) is 0 Å². The summed E-state index contributed by atoms with van der Waals surface area (Å²) in [4.78, 5) is 11.8. The van der Waals surface area contributed by atoms with E-state index in [1.165, 1.54) is 0 Å². The molecule has 6 heteroatoms. The fraction of sp³-hybridized carbons (Fsp3) is 0.235. The summed E-state index contributed by atoms with van der Waals surface area (Å²) in [6, 6.07) is 14.0. The smallest absolute Gasteiger partial charge is 0.251 e. The van der Waals surface area contributed by atoms with Gasteiger partial charge in [0.2, 0.25) is 0 Å². The summed E-state index contributed by atoms with van der Waals surface area (Å²) in [5.74, 6) is 1.01. The van der Waals surface area contributed by atoms with Crippen LogP contribution in [0.5, 0.6) is 11.5 Å². The van der Waals surface area contributed by atoms with Gasteiger partial charge in [-0.3, -0.25) is 4.79 Å². The van der Waals surface area contributed by atoms with Crippen LogP contribution in [0.25, 0.3) is 0 Å². The minimum Gasteiger partial charge on any atom is -0.490 e. The largest absolute Gasteiger partial charge is 0.490 e. The van der Waals surface area contributed by atoms with Gasteiger partial charge in [-0.15, -0.1) is 0 Å². The van der Waals surface area contributed by atoms with Gasteiger partial charge in [0.05, 0.1) is 6.61 Å². The fourth-order valence-electron chi connectivity index (χ4n) is 1.87. The van der Waals surface area contributed by atoms with Crippen LogP contribution in [0, 0.1) is 0 Å². The standard InChI is InChI=1S/C17H18ClNO4/c18-14-4-2-6-16(12-14)23-10-9-22-15-5-1-3-13(11-15)17(21)19-7-8-20/h1-6,11-12,20H,7-10H2,(H,19,21). The van der Waals surface area contributed by atoms with Gasteiger partial charge in [-0.2, -0.15) is 0 Å². The topological polar surface area (TPSA) is 67.8 Å². The first-order valence-corrected chi connectivity index (χ1v) is 7.57. The second kappa shape index (κ2) is 9.02. The average Bonchev–Trinajstić information content (AvgIpc) is 2.57. The van der Waals surface area contributed by atoms with Crippen molar-refractivity contribution in [1.82, 2.24) is 5.32 Å². The molecule has 0 spiro atoms. The monoisotopic (exact) mass is 335 g/mol. The van der Waals surface area contributed by atoms with E-state index in [4.69, 9.17) is 26.2 Å². The number of hydrogen-bond acceptors (Lipinski definition) is 4. The molecule has 0 atom stereocenters. The molecule has 122 valence electrons. The lowest BCUT2D eigenvalue weighted by molar-refractivity contribution is 0.0944. The number of aliphatic hydroxyl groups is 1. The normalized spacial score (nSPS) is 10.2. The Morgan fingerprint density at radius 3 is 2.35 bits per heavy atom. The first-order valence-electron chi connectivity index (χ1n) is 7.19. The van der Waals surface area contributed by atoms with E-state index in [0.29, 0.717) is 35.3 Å². The average molecular weight is 336 g/mol.